The van der Waals surface area contributed by atoms with E-state index in [1.165, 1.54) is 12.8 Å². The van der Waals surface area contributed by atoms with E-state index in [9.17, 15) is 0 Å². The maximum atomic E-state index is 6.41. The van der Waals surface area contributed by atoms with Crippen LogP contribution in [0.4, 0.5) is 0 Å². The van der Waals surface area contributed by atoms with Gasteiger partial charge in [-0.1, -0.05) is 11.6 Å². The Morgan fingerprint density at radius 1 is 1.52 bits per heavy atom. The fraction of sp³-hybridized carbons (Fsp3) is 0.800. The number of halogens is 1. The molecule has 120 valence electrons. The van der Waals surface area contributed by atoms with Gasteiger partial charge in [-0.2, -0.15) is 5.10 Å². The predicted molar refractivity (Wildman–Crippen MR) is 85.7 cm³/mol. The highest BCUT2D eigenvalue weighted by Crippen LogP contribution is 2.41. The van der Waals surface area contributed by atoms with Gasteiger partial charge >= 0.3 is 0 Å². The van der Waals surface area contributed by atoms with Crippen molar-refractivity contribution in [1.29, 1.82) is 0 Å². The Morgan fingerprint density at radius 2 is 2.24 bits per heavy atom. The van der Waals surface area contributed by atoms with Gasteiger partial charge in [0, 0.05) is 13.2 Å². The van der Waals surface area contributed by atoms with Gasteiger partial charge in [0.1, 0.15) is 0 Å². The summed E-state index contributed by atoms with van der Waals surface area (Å²) in [7, 11) is 6.10. The van der Waals surface area contributed by atoms with Crippen molar-refractivity contribution < 1.29 is 4.74 Å². The first-order chi connectivity index (χ1) is 10.1. The summed E-state index contributed by atoms with van der Waals surface area (Å²) in [6, 6.07) is 0.0922. The molecule has 2 atom stereocenters. The van der Waals surface area contributed by atoms with Crippen LogP contribution in [-0.4, -0.2) is 55.1 Å². The highest BCUT2D eigenvalue weighted by molar-refractivity contribution is 6.31. The summed E-state index contributed by atoms with van der Waals surface area (Å²) in [5.41, 5.74) is 1.05. The number of rotatable bonds is 9. The van der Waals surface area contributed by atoms with E-state index in [0.717, 1.165) is 30.4 Å². The van der Waals surface area contributed by atoms with Crippen LogP contribution in [0.5, 0.6) is 0 Å². The standard InChI is InChI=1S/C15H27ClN4O/c1-5-21-15(11-6-7-11)13(17-2)14-12(16)10-18-20(14)9-8-19(3)4/h10-11,13,15,17H,5-9H2,1-4H3. The third-order valence-corrected chi connectivity index (χ3v) is 4.26. The average molecular weight is 315 g/mol. The predicted octanol–water partition coefficient (Wildman–Crippen LogP) is 2.17. The van der Waals surface area contributed by atoms with E-state index in [0.29, 0.717) is 5.92 Å². The molecule has 1 aliphatic carbocycles. The molecule has 1 aliphatic rings. The lowest BCUT2D eigenvalue weighted by Gasteiger charge is -2.28. The number of likely N-dealkylation sites (N-methyl/N-ethyl adjacent to an activating group) is 2. The van der Waals surface area contributed by atoms with Crippen LogP contribution in [0.2, 0.25) is 5.02 Å². The molecular formula is C15H27ClN4O. The molecule has 2 unspecified atom stereocenters. The van der Waals surface area contributed by atoms with Gasteiger partial charge in [-0.15, -0.1) is 0 Å². The van der Waals surface area contributed by atoms with Crippen molar-refractivity contribution in [2.75, 3.05) is 34.3 Å². The SMILES string of the molecule is CCOC(C1CC1)C(NC)c1c(Cl)cnn1CCN(C)C. The van der Waals surface area contributed by atoms with Gasteiger partial charge in [0.05, 0.1) is 35.6 Å². The molecule has 1 aromatic rings. The number of nitrogens with zero attached hydrogens (tertiary/aromatic N) is 3. The molecule has 1 heterocycles. The number of hydrogen-bond acceptors (Lipinski definition) is 4. The van der Waals surface area contributed by atoms with Crippen molar-refractivity contribution in [3.8, 4) is 0 Å². The van der Waals surface area contributed by atoms with Crippen LogP contribution in [0, 0.1) is 5.92 Å². The average Bonchev–Trinajstić information content (AvgIpc) is 3.22. The molecule has 1 N–H and O–H groups in total. The molecule has 1 saturated carbocycles. The van der Waals surface area contributed by atoms with E-state index < -0.39 is 0 Å². The van der Waals surface area contributed by atoms with Crippen molar-refractivity contribution >= 4 is 11.6 Å². The van der Waals surface area contributed by atoms with Crippen LogP contribution in [0.3, 0.4) is 0 Å². The monoisotopic (exact) mass is 314 g/mol. The van der Waals surface area contributed by atoms with Crippen LogP contribution in [0.15, 0.2) is 6.20 Å². The summed E-state index contributed by atoms with van der Waals surface area (Å²) in [6.07, 6.45) is 4.40. The quantitative estimate of drug-likeness (QED) is 0.758. The van der Waals surface area contributed by atoms with Crippen molar-refractivity contribution in [1.82, 2.24) is 20.0 Å². The molecule has 0 saturated heterocycles. The molecule has 0 radical (unpaired) electrons. The largest absolute Gasteiger partial charge is 0.376 e. The molecular weight excluding hydrogens is 288 g/mol. The van der Waals surface area contributed by atoms with Crippen LogP contribution in [-0.2, 0) is 11.3 Å². The van der Waals surface area contributed by atoms with Crippen LogP contribution in [0.25, 0.3) is 0 Å². The second-order valence-corrected chi connectivity index (χ2v) is 6.34. The number of hydrogen-bond donors (Lipinski definition) is 1. The molecule has 0 aromatic carbocycles. The lowest BCUT2D eigenvalue weighted by molar-refractivity contribution is 0.0182. The van der Waals surface area contributed by atoms with Crippen LogP contribution >= 0.6 is 11.6 Å². The summed E-state index contributed by atoms with van der Waals surface area (Å²) in [6.45, 7) is 4.54. The zero-order valence-corrected chi connectivity index (χ0v) is 14.2. The smallest absolute Gasteiger partial charge is 0.0835 e. The highest BCUT2D eigenvalue weighted by Gasteiger charge is 2.39. The summed E-state index contributed by atoms with van der Waals surface area (Å²) in [5.74, 6) is 0.635. The Morgan fingerprint density at radius 3 is 2.76 bits per heavy atom. The Kier molecular flexibility index (Phi) is 6.05. The fourth-order valence-corrected chi connectivity index (χ4v) is 2.99. The molecule has 0 amide bonds. The second kappa shape index (κ2) is 7.58. The molecule has 0 aliphatic heterocycles. The van der Waals surface area contributed by atoms with Gasteiger partial charge in [0.25, 0.3) is 0 Å². The topological polar surface area (TPSA) is 42.3 Å². The molecule has 2 rings (SSSR count). The lowest BCUT2D eigenvalue weighted by Crippen LogP contribution is -2.36. The maximum Gasteiger partial charge on any atom is 0.0835 e. The minimum absolute atomic E-state index is 0.0922. The Hall–Kier alpha value is -0.620. The van der Waals surface area contributed by atoms with E-state index in [1.807, 2.05) is 18.7 Å². The molecule has 21 heavy (non-hydrogen) atoms. The Bertz CT molecular complexity index is 445. The summed E-state index contributed by atoms with van der Waals surface area (Å²) >= 11 is 6.41. The number of aromatic nitrogens is 2. The van der Waals surface area contributed by atoms with Gasteiger partial charge in [-0.05, 0) is 46.8 Å². The van der Waals surface area contributed by atoms with E-state index >= 15 is 0 Å². The van der Waals surface area contributed by atoms with Crippen molar-refractivity contribution in [2.45, 2.75) is 38.5 Å². The first-order valence-corrected chi connectivity index (χ1v) is 8.11. The van der Waals surface area contributed by atoms with Gasteiger partial charge in [0.15, 0.2) is 0 Å². The van der Waals surface area contributed by atoms with E-state index in [-0.39, 0.29) is 12.1 Å². The van der Waals surface area contributed by atoms with Gasteiger partial charge < -0.3 is 15.0 Å². The zero-order chi connectivity index (χ0) is 15.4. The maximum absolute atomic E-state index is 6.41. The van der Waals surface area contributed by atoms with E-state index in [2.05, 4.69) is 29.4 Å². The second-order valence-electron chi connectivity index (χ2n) is 5.93. The minimum Gasteiger partial charge on any atom is -0.376 e. The van der Waals surface area contributed by atoms with Crippen LogP contribution < -0.4 is 5.32 Å². The lowest BCUT2D eigenvalue weighted by atomic mass is 10.0. The molecule has 0 spiro atoms. The molecule has 5 nitrogen and oxygen atoms in total. The summed E-state index contributed by atoms with van der Waals surface area (Å²) in [4.78, 5) is 2.15. The highest BCUT2D eigenvalue weighted by atomic mass is 35.5. The first kappa shape index (κ1) is 16.7. The minimum atomic E-state index is 0.0922. The molecule has 0 bridgehead atoms. The number of nitrogens with one attached hydrogen (secondary N) is 1. The van der Waals surface area contributed by atoms with Gasteiger partial charge in [-0.3, -0.25) is 4.68 Å². The normalized spacial score (nSPS) is 18.2. The van der Waals surface area contributed by atoms with Crippen molar-refractivity contribution in [3.05, 3.63) is 16.9 Å². The summed E-state index contributed by atoms with van der Waals surface area (Å²) < 4.78 is 8.02. The Labute approximate surface area is 132 Å². The van der Waals surface area contributed by atoms with Crippen molar-refractivity contribution in [2.24, 2.45) is 5.92 Å². The fourth-order valence-electron chi connectivity index (χ4n) is 2.73. The van der Waals surface area contributed by atoms with Gasteiger partial charge in [-0.25, -0.2) is 0 Å². The van der Waals surface area contributed by atoms with Gasteiger partial charge in [0.2, 0.25) is 0 Å². The van der Waals surface area contributed by atoms with Crippen molar-refractivity contribution in [3.63, 3.8) is 0 Å². The van der Waals surface area contributed by atoms with E-state index in [4.69, 9.17) is 16.3 Å². The molecule has 1 aromatic heterocycles. The Balaban J connectivity index is 2.21. The molecule has 6 heteroatoms. The van der Waals surface area contributed by atoms with Crippen LogP contribution in [0.1, 0.15) is 31.5 Å². The summed E-state index contributed by atoms with van der Waals surface area (Å²) in [5, 5.41) is 8.56. The molecule has 1 fully saturated rings. The third kappa shape index (κ3) is 4.19. The number of ether oxygens (including phenoxy) is 1. The third-order valence-electron chi connectivity index (χ3n) is 3.97. The van der Waals surface area contributed by atoms with E-state index in [1.54, 1.807) is 6.20 Å². The zero-order valence-electron chi connectivity index (χ0n) is 13.5. The first-order valence-electron chi connectivity index (χ1n) is 7.73.